The van der Waals surface area contributed by atoms with E-state index in [1.54, 1.807) is 64.1 Å². The van der Waals surface area contributed by atoms with Gasteiger partial charge in [0.15, 0.2) is 5.76 Å². The van der Waals surface area contributed by atoms with Crippen LogP contribution in [0.5, 0.6) is 0 Å². The quantitative estimate of drug-likeness (QED) is 0.180. The topological polar surface area (TPSA) is 134 Å². The maximum atomic E-state index is 13.5. The molecule has 1 aromatic carbocycles. The van der Waals surface area contributed by atoms with E-state index in [4.69, 9.17) is 26.4 Å². The number of ether oxygens (including phenoxy) is 1. The Balaban J connectivity index is 2.16. The van der Waals surface area contributed by atoms with Crippen LogP contribution in [-0.4, -0.2) is 34.7 Å². The summed E-state index contributed by atoms with van der Waals surface area (Å²) in [6, 6.07) is 9.60. The number of rotatable bonds is 6. The molecule has 0 bridgehead atoms. The summed E-state index contributed by atoms with van der Waals surface area (Å²) in [4.78, 5) is 34.6. The van der Waals surface area contributed by atoms with Gasteiger partial charge in [-0.15, -0.1) is 0 Å². The first-order chi connectivity index (χ1) is 16.0. The van der Waals surface area contributed by atoms with Crippen LogP contribution in [0.1, 0.15) is 48.3 Å². The van der Waals surface area contributed by atoms with E-state index in [2.05, 4.69) is 20.2 Å². The molecule has 176 valence electrons. The minimum atomic E-state index is -0.705. The molecular weight excluding hydrogens is 460 g/mol. The number of aryl methyl sites for hydroxylation is 1. The van der Waals surface area contributed by atoms with Crippen molar-refractivity contribution in [1.29, 1.82) is 0 Å². The maximum Gasteiger partial charge on any atom is 0.415 e. The third kappa shape index (κ3) is 5.54. The number of ketones is 1. The van der Waals surface area contributed by atoms with Crippen molar-refractivity contribution < 1.29 is 18.8 Å². The molecule has 0 atom stereocenters. The molecule has 10 nitrogen and oxygen atoms in total. The lowest BCUT2D eigenvalue weighted by Crippen LogP contribution is -2.34. The molecule has 34 heavy (non-hydrogen) atoms. The summed E-state index contributed by atoms with van der Waals surface area (Å²) in [5.41, 5.74) is 9.81. The van der Waals surface area contributed by atoms with Crippen LogP contribution in [0.2, 0.25) is 5.02 Å². The molecule has 0 saturated heterocycles. The number of pyridine rings is 1. The predicted octanol–water partition coefficient (Wildman–Crippen LogP) is 6.11. The monoisotopic (exact) mass is 482 g/mol. The fourth-order valence-electron chi connectivity index (χ4n) is 3.14. The van der Waals surface area contributed by atoms with Gasteiger partial charge in [-0.05, 0) is 69.6 Å². The number of hydrogen-bond donors (Lipinski definition) is 0. The number of carbonyl (C=O) groups excluding carboxylic acids is 2. The van der Waals surface area contributed by atoms with Crippen molar-refractivity contribution in [1.82, 2.24) is 10.1 Å². The van der Waals surface area contributed by atoms with Crippen molar-refractivity contribution in [3.05, 3.63) is 74.6 Å². The van der Waals surface area contributed by atoms with E-state index < -0.39 is 17.5 Å². The van der Waals surface area contributed by atoms with Gasteiger partial charge in [0.25, 0.3) is 0 Å². The zero-order valence-electron chi connectivity index (χ0n) is 19.4. The zero-order chi connectivity index (χ0) is 25.0. The fourth-order valence-corrected chi connectivity index (χ4v) is 3.26. The van der Waals surface area contributed by atoms with E-state index in [0.717, 1.165) is 0 Å². The number of nitrogens with zero attached hydrogens (tertiary/aromatic N) is 6. The Kier molecular flexibility index (Phi) is 7.24. The Bertz CT molecular complexity index is 1270. The van der Waals surface area contributed by atoms with Gasteiger partial charge >= 0.3 is 6.09 Å². The number of benzene rings is 1. The zero-order valence-corrected chi connectivity index (χ0v) is 20.1. The summed E-state index contributed by atoms with van der Waals surface area (Å²) in [7, 11) is 1.50. The molecule has 0 aliphatic rings. The molecule has 0 fully saturated rings. The molecule has 2 heterocycles. The number of carbonyl (C=O) groups is 2. The lowest BCUT2D eigenvalue weighted by molar-refractivity contribution is 0.0588. The van der Waals surface area contributed by atoms with E-state index in [9.17, 15) is 9.59 Å². The van der Waals surface area contributed by atoms with Crippen LogP contribution in [0.4, 0.5) is 10.6 Å². The number of halogens is 1. The largest absolute Gasteiger partial charge is 0.443 e. The molecule has 0 radical (unpaired) electrons. The average Bonchev–Trinajstić information content (AvgIpc) is 3.15. The number of aromatic nitrogens is 2. The van der Waals surface area contributed by atoms with Crippen LogP contribution in [0.15, 0.2) is 46.0 Å². The molecular formula is C23H23ClN6O4. The molecule has 0 aliphatic carbocycles. The second-order valence-electron chi connectivity index (χ2n) is 8.40. The third-order valence-corrected chi connectivity index (χ3v) is 4.95. The van der Waals surface area contributed by atoms with Crippen molar-refractivity contribution in [3.8, 4) is 11.1 Å². The van der Waals surface area contributed by atoms with Crippen LogP contribution >= 0.6 is 11.6 Å². The Morgan fingerprint density at radius 3 is 2.50 bits per heavy atom. The highest BCUT2D eigenvalue weighted by atomic mass is 35.5. The van der Waals surface area contributed by atoms with Crippen molar-refractivity contribution >= 4 is 29.3 Å². The average molecular weight is 483 g/mol. The molecule has 0 aliphatic heterocycles. The predicted molar refractivity (Wildman–Crippen MR) is 127 cm³/mol. The second-order valence-corrected chi connectivity index (χ2v) is 8.83. The Hall–Kier alpha value is -3.88. The highest BCUT2D eigenvalue weighted by molar-refractivity contribution is 6.30. The second kappa shape index (κ2) is 9.94. The molecule has 0 spiro atoms. The Morgan fingerprint density at radius 2 is 1.88 bits per heavy atom. The Labute approximate surface area is 201 Å². The molecule has 11 heteroatoms. The third-order valence-electron chi connectivity index (χ3n) is 4.69. The van der Waals surface area contributed by atoms with Crippen molar-refractivity contribution in [3.63, 3.8) is 0 Å². The molecule has 1 amide bonds. The number of hydrogen-bond acceptors (Lipinski definition) is 7. The van der Waals surface area contributed by atoms with Crippen molar-refractivity contribution in [2.45, 2.75) is 39.8 Å². The number of anilines is 1. The summed E-state index contributed by atoms with van der Waals surface area (Å²) < 4.78 is 10.7. The van der Waals surface area contributed by atoms with Gasteiger partial charge in [0.2, 0.25) is 5.78 Å². The van der Waals surface area contributed by atoms with Gasteiger partial charge in [-0.25, -0.2) is 9.78 Å². The normalized spacial score (nSPS) is 11.0. The fraction of sp³-hybridized carbons (Fsp3) is 0.304. The Morgan fingerprint density at radius 1 is 1.21 bits per heavy atom. The van der Waals surface area contributed by atoms with E-state index in [0.29, 0.717) is 27.4 Å². The van der Waals surface area contributed by atoms with E-state index in [1.807, 2.05) is 0 Å². The van der Waals surface area contributed by atoms with Gasteiger partial charge in [-0.2, -0.15) is 0 Å². The summed E-state index contributed by atoms with van der Waals surface area (Å²) in [6.45, 7) is 6.87. The van der Waals surface area contributed by atoms with E-state index in [-0.39, 0.29) is 23.8 Å². The van der Waals surface area contributed by atoms with E-state index in [1.165, 1.54) is 11.9 Å². The molecule has 3 rings (SSSR count). The van der Waals surface area contributed by atoms with Crippen molar-refractivity contribution in [2.75, 3.05) is 11.9 Å². The summed E-state index contributed by atoms with van der Waals surface area (Å²) in [6.07, 6.45) is -0.622. The summed E-state index contributed by atoms with van der Waals surface area (Å²) >= 11 is 5.97. The van der Waals surface area contributed by atoms with Gasteiger partial charge in [0.05, 0.1) is 12.2 Å². The van der Waals surface area contributed by atoms with Crippen LogP contribution in [0.25, 0.3) is 21.6 Å². The molecule has 0 unspecified atom stereocenters. The summed E-state index contributed by atoms with van der Waals surface area (Å²) in [5, 5.41) is 7.98. The van der Waals surface area contributed by atoms with Gasteiger partial charge < -0.3 is 9.26 Å². The minimum absolute atomic E-state index is 0.0590. The van der Waals surface area contributed by atoms with Crippen LogP contribution in [0, 0.1) is 6.92 Å². The SMILES string of the molecule is Cc1noc(CN=[N+]=[N-])c1-c1ccc(N(C)C(=O)OC(C)(C)C)nc1C(=O)c1ccc(Cl)cc1. The van der Waals surface area contributed by atoms with Gasteiger partial charge in [0.1, 0.15) is 17.1 Å². The first kappa shape index (κ1) is 24.8. The smallest absolute Gasteiger partial charge is 0.415 e. The maximum absolute atomic E-state index is 13.5. The summed E-state index contributed by atoms with van der Waals surface area (Å²) in [5.74, 6) is 0.0953. The van der Waals surface area contributed by atoms with Crippen molar-refractivity contribution in [2.24, 2.45) is 5.11 Å². The van der Waals surface area contributed by atoms with Gasteiger partial charge in [-0.3, -0.25) is 9.69 Å². The first-order valence-electron chi connectivity index (χ1n) is 10.3. The van der Waals surface area contributed by atoms with Gasteiger partial charge in [-0.1, -0.05) is 21.9 Å². The van der Waals surface area contributed by atoms with E-state index >= 15 is 0 Å². The number of amides is 1. The lowest BCUT2D eigenvalue weighted by atomic mass is 9.97. The van der Waals surface area contributed by atoms with Crippen LogP contribution < -0.4 is 4.90 Å². The number of azide groups is 1. The molecule has 3 aromatic rings. The standard InChI is InChI=1S/C23H23ClN6O4/c1-13-19(17(34-28-13)12-26-29-25)16-10-11-18(30(5)22(32)33-23(2,3)4)27-20(16)21(31)14-6-8-15(24)9-7-14/h6-11H,12H2,1-5H3. The van der Waals surface area contributed by atoms with Crippen LogP contribution in [-0.2, 0) is 11.3 Å². The molecule has 0 N–H and O–H groups in total. The highest BCUT2D eigenvalue weighted by Crippen LogP contribution is 2.33. The minimum Gasteiger partial charge on any atom is -0.443 e. The van der Waals surface area contributed by atoms with Crippen LogP contribution in [0.3, 0.4) is 0 Å². The first-order valence-corrected chi connectivity index (χ1v) is 10.6. The van der Waals surface area contributed by atoms with Gasteiger partial charge in [0, 0.05) is 33.7 Å². The lowest BCUT2D eigenvalue weighted by Gasteiger charge is -2.24. The molecule has 2 aromatic heterocycles. The highest BCUT2D eigenvalue weighted by Gasteiger charge is 2.26. The molecule has 0 saturated carbocycles.